The molecule has 1 amide bonds. The number of nitrogen functional groups attached to an aromatic ring is 1. The first kappa shape index (κ1) is 13.7. The molecular weight excluding hydrogens is 244 g/mol. The minimum atomic E-state index is -0.00935. The number of carbonyl (C=O) groups is 1. The Morgan fingerprint density at radius 3 is 3.00 bits per heavy atom. The average molecular weight is 264 g/mol. The minimum Gasteiger partial charge on any atom is -0.492 e. The number of amides is 1. The SMILES string of the molecule is CCOc1ccc(C(=O)N2CCOC(C)C2)cc1N. The van der Waals surface area contributed by atoms with Gasteiger partial charge in [0.15, 0.2) is 0 Å². The van der Waals surface area contributed by atoms with Crippen LogP contribution in [0, 0.1) is 0 Å². The van der Waals surface area contributed by atoms with Gasteiger partial charge in [-0.2, -0.15) is 0 Å². The summed E-state index contributed by atoms with van der Waals surface area (Å²) < 4.78 is 10.8. The van der Waals surface area contributed by atoms with Gasteiger partial charge in [-0.3, -0.25) is 4.79 Å². The molecule has 1 fully saturated rings. The van der Waals surface area contributed by atoms with Crippen LogP contribution in [0.5, 0.6) is 5.75 Å². The minimum absolute atomic E-state index is 0.00935. The van der Waals surface area contributed by atoms with Crippen molar-refractivity contribution in [1.82, 2.24) is 4.90 Å². The quantitative estimate of drug-likeness (QED) is 0.841. The summed E-state index contributed by atoms with van der Waals surface area (Å²) in [6, 6.07) is 5.17. The van der Waals surface area contributed by atoms with Crippen molar-refractivity contribution in [1.29, 1.82) is 0 Å². The molecule has 1 aliphatic rings. The Morgan fingerprint density at radius 2 is 2.37 bits per heavy atom. The van der Waals surface area contributed by atoms with Crippen LogP contribution in [0.25, 0.3) is 0 Å². The molecule has 19 heavy (non-hydrogen) atoms. The summed E-state index contributed by atoms with van der Waals surface area (Å²) in [5, 5.41) is 0. The fourth-order valence-electron chi connectivity index (χ4n) is 2.15. The molecule has 1 atom stereocenters. The number of hydrogen-bond donors (Lipinski definition) is 1. The van der Waals surface area contributed by atoms with Crippen LogP contribution in [0.1, 0.15) is 24.2 Å². The van der Waals surface area contributed by atoms with Gasteiger partial charge in [0.05, 0.1) is 25.0 Å². The zero-order valence-electron chi connectivity index (χ0n) is 11.4. The van der Waals surface area contributed by atoms with Crippen LogP contribution in [-0.4, -0.2) is 43.2 Å². The number of benzene rings is 1. The highest BCUT2D eigenvalue weighted by molar-refractivity contribution is 5.95. The molecule has 0 saturated carbocycles. The summed E-state index contributed by atoms with van der Waals surface area (Å²) in [5.41, 5.74) is 6.97. The van der Waals surface area contributed by atoms with Gasteiger partial charge in [0, 0.05) is 18.7 Å². The lowest BCUT2D eigenvalue weighted by molar-refractivity contribution is -0.0124. The van der Waals surface area contributed by atoms with Gasteiger partial charge in [-0.15, -0.1) is 0 Å². The Morgan fingerprint density at radius 1 is 1.58 bits per heavy atom. The largest absolute Gasteiger partial charge is 0.492 e. The Labute approximate surface area is 113 Å². The Balaban J connectivity index is 2.12. The summed E-state index contributed by atoms with van der Waals surface area (Å²) in [6.07, 6.45) is 0.0812. The fourth-order valence-corrected chi connectivity index (χ4v) is 2.15. The topological polar surface area (TPSA) is 64.8 Å². The number of hydrogen-bond acceptors (Lipinski definition) is 4. The second-order valence-corrected chi connectivity index (χ2v) is 4.62. The van der Waals surface area contributed by atoms with Crippen molar-refractivity contribution in [2.75, 3.05) is 32.0 Å². The van der Waals surface area contributed by atoms with Gasteiger partial charge in [0.2, 0.25) is 0 Å². The van der Waals surface area contributed by atoms with E-state index in [0.29, 0.717) is 43.3 Å². The number of nitrogens with zero attached hydrogens (tertiary/aromatic N) is 1. The maximum Gasteiger partial charge on any atom is 0.254 e. The number of anilines is 1. The van der Waals surface area contributed by atoms with Gasteiger partial charge >= 0.3 is 0 Å². The summed E-state index contributed by atoms with van der Waals surface area (Å²) in [7, 11) is 0. The van der Waals surface area contributed by atoms with Crippen molar-refractivity contribution in [3.63, 3.8) is 0 Å². The third-order valence-electron chi connectivity index (χ3n) is 3.08. The molecule has 1 heterocycles. The highest BCUT2D eigenvalue weighted by Gasteiger charge is 2.22. The predicted octanol–water partition coefficient (Wildman–Crippen LogP) is 1.53. The van der Waals surface area contributed by atoms with E-state index in [9.17, 15) is 4.79 Å². The van der Waals surface area contributed by atoms with Crippen molar-refractivity contribution in [2.45, 2.75) is 20.0 Å². The van der Waals surface area contributed by atoms with E-state index < -0.39 is 0 Å². The first-order valence-electron chi connectivity index (χ1n) is 6.55. The molecule has 0 aliphatic carbocycles. The van der Waals surface area contributed by atoms with E-state index in [2.05, 4.69) is 0 Å². The zero-order valence-corrected chi connectivity index (χ0v) is 11.4. The van der Waals surface area contributed by atoms with Gasteiger partial charge < -0.3 is 20.1 Å². The van der Waals surface area contributed by atoms with Crippen LogP contribution in [-0.2, 0) is 4.74 Å². The van der Waals surface area contributed by atoms with Crippen LogP contribution < -0.4 is 10.5 Å². The summed E-state index contributed by atoms with van der Waals surface area (Å²) in [4.78, 5) is 14.1. The van der Waals surface area contributed by atoms with Crippen molar-refractivity contribution in [3.05, 3.63) is 23.8 Å². The molecule has 104 valence electrons. The van der Waals surface area contributed by atoms with E-state index in [1.165, 1.54) is 0 Å². The van der Waals surface area contributed by atoms with Crippen molar-refractivity contribution in [2.24, 2.45) is 0 Å². The fraction of sp³-hybridized carbons (Fsp3) is 0.500. The van der Waals surface area contributed by atoms with E-state index in [1.807, 2.05) is 13.8 Å². The van der Waals surface area contributed by atoms with Gasteiger partial charge in [0.1, 0.15) is 5.75 Å². The number of morpholine rings is 1. The maximum atomic E-state index is 12.3. The molecule has 0 spiro atoms. The molecule has 1 saturated heterocycles. The molecule has 0 bridgehead atoms. The molecule has 0 aromatic heterocycles. The van der Waals surface area contributed by atoms with Crippen LogP contribution in [0.2, 0.25) is 0 Å². The number of carbonyl (C=O) groups excluding carboxylic acids is 1. The van der Waals surface area contributed by atoms with E-state index in [-0.39, 0.29) is 12.0 Å². The van der Waals surface area contributed by atoms with Crippen molar-refractivity contribution < 1.29 is 14.3 Å². The first-order valence-corrected chi connectivity index (χ1v) is 6.55. The van der Waals surface area contributed by atoms with Crippen LogP contribution in [0.4, 0.5) is 5.69 Å². The molecule has 1 aromatic carbocycles. The lowest BCUT2D eigenvalue weighted by Crippen LogP contribution is -2.44. The third kappa shape index (κ3) is 3.17. The number of rotatable bonds is 3. The van der Waals surface area contributed by atoms with E-state index in [4.69, 9.17) is 15.2 Å². The highest BCUT2D eigenvalue weighted by atomic mass is 16.5. The van der Waals surface area contributed by atoms with Gasteiger partial charge in [-0.1, -0.05) is 0 Å². The Bertz CT molecular complexity index is 462. The maximum absolute atomic E-state index is 12.3. The van der Waals surface area contributed by atoms with Gasteiger partial charge in [-0.25, -0.2) is 0 Å². The lowest BCUT2D eigenvalue weighted by atomic mass is 10.1. The summed E-state index contributed by atoms with van der Waals surface area (Å²) in [6.45, 7) is 6.24. The van der Waals surface area contributed by atoms with Crippen molar-refractivity contribution >= 4 is 11.6 Å². The zero-order chi connectivity index (χ0) is 13.8. The second kappa shape index (κ2) is 5.93. The van der Waals surface area contributed by atoms with E-state index in [0.717, 1.165) is 0 Å². The molecule has 2 rings (SSSR count). The molecule has 5 nitrogen and oxygen atoms in total. The summed E-state index contributed by atoms with van der Waals surface area (Å²) in [5.74, 6) is 0.610. The number of ether oxygens (including phenoxy) is 2. The lowest BCUT2D eigenvalue weighted by Gasteiger charge is -2.31. The standard InChI is InChI=1S/C14H20N2O3/c1-3-18-13-5-4-11(8-12(13)15)14(17)16-6-7-19-10(2)9-16/h4-5,8,10H,3,6-7,9,15H2,1-2H3. The van der Waals surface area contributed by atoms with E-state index >= 15 is 0 Å². The predicted molar refractivity (Wildman–Crippen MR) is 73.3 cm³/mol. The molecule has 1 aliphatic heterocycles. The average Bonchev–Trinajstić information content (AvgIpc) is 2.40. The molecule has 1 unspecified atom stereocenters. The van der Waals surface area contributed by atoms with Crippen LogP contribution >= 0.6 is 0 Å². The Kier molecular flexibility index (Phi) is 4.27. The van der Waals surface area contributed by atoms with Gasteiger partial charge in [0.25, 0.3) is 5.91 Å². The monoisotopic (exact) mass is 264 g/mol. The van der Waals surface area contributed by atoms with Gasteiger partial charge in [-0.05, 0) is 32.0 Å². The van der Waals surface area contributed by atoms with Crippen LogP contribution in [0.15, 0.2) is 18.2 Å². The molecular formula is C14H20N2O3. The molecule has 0 radical (unpaired) electrons. The summed E-state index contributed by atoms with van der Waals surface area (Å²) >= 11 is 0. The highest BCUT2D eigenvalue weighted by Crippen LogP contribution is 2.23. The number of nitrogens with two attached hydrogens (primary N) is 1. The third-order valence-corrected chi connectivity index (χ3v) is 3.08. The first-order chi connectivity index (χ1) is 9.11. The van der Waals surface area contributed by atoms with E-state index in [1.54, 1.807) is 23.1 Å². The molecule has 1 aromatic rings. The normalized spacial score (nSPS) is 19.3. The van der Waals surface area contributed by atoms with Crippen LogP contribution in [0.3, 0.4) is 0 Å². The molecule has 5 heteroatoms. The Hall–Kier alpha value is -1.75. The van der Waals surface area contributed by atoms with Crippen molar-refractivity contribution in [3.8, 4) is 5.75 Å². The molecule has 2 N–H and O–H groups in total. The smallest absolute Gasteiger partial charge is 0.254 e. The second-order valence-electron chi connectivity index (χ2n) is 4.62.